The van der Waals surface area contributed by atoms with E-state index in [2.05, 4.69) is 11.6 Å². The molecule has 0 radical (unpaired) electrons. The van der Waals surface area contributed by atoms with Gasteiger partial charge in [-0.3, -0.25) is 9.69 Å². The Hall–Kier alpha value is -2.99. The van der Waals surface area contributed by atoms with E-state index in [1.165, 1.54) is 11.8 Å². The smallest absolute Gasteiger partial charge is 0.267 e. The number of carbonyl (C=O) groups is 1. The second-order valence-corrected chi connectivity index (χ2v) is 6.71. The number of carbonyl (C=O) groups excluding carboxylic acids is 1. The van der Waals surface area contributed by atoms with Crippen molar-refractivity contribution < 1.29 is 14.6 Å². The Labute approximate surface area is 162 Å². The van der Waals surface area contributed by atoms with Crippen LogP contribution in [0.1, 0.15) is 12.5 Å². The average Bonchev–Trinajstić information content (AvgIpc) is 2.95. The standard InChI is InChI=1S/C21H20N2O3S/c1-3-12-23-20(25)19(27-21(23)22-16-8-6-5-7-9-16)14-15-10-11-17(24)18(13-15)26-4-2/h3,5-11,13-14,24H,1,4,12H2,2H3/b19-14+,22-21?. The summed E-state index contributed by atoms with van der Waals surface area (Å²) in [7, 11) is 0. The van der Waals surface area contributed by atoms with Gasteiger partial charge in [-0.2, -0.15) is 0 Å². The summed E-state index contributed by atoms with van der Waals surface area (Å²) in [6, 6.07) is 14.5. The maximum Gasteiger partial charge on any atom is 0.267 e. The molecule has 1 aliphatic rings. The summed E-state index contributed by atoms with van der Waals surface area (Å²) >= 11 is 1.32. The Balaban J connectivity index is 1.93. The monoisotopic (exact) mass is 380 g/mol. The van der Waals surface area contributed by atoms with E-state index >= 15 is 0 Å². The van der Waals surface area contributed by atoms with E-state index in [1.54, 1.807) is 35.3 Å². The van der Waals surface area contributed by atoms with Crippen LogP contribution in [0.2, 0.25) is 0 Å². The lowest BCUT2D eigenvalue weighted by Crippen LogP contribution is -2.29. The number of aromatic hydroxyl groups is 1. The number of nitrogens with zero attached hydrogens (tertiary/aromatic N) is 2. The van der Waals surface area contributed by atoms with Gasteiger partial charge in [0.1, 0.15) is 0 Å². The van der Waals surface area contributed by atoms with Gasteiger partial charge in [0.25, 0.3) is 5.91 Å². The molecule has 3 rings (SSSR count). The number of phenols is 1. The number of aliphatic imine (C=N–C) groups is 1. The summed E-state index contributed by atoms with van der Waals surface area (Å²) in [6.45, 7) is 6.41. The number of rotatable bonds is 6. The van der Waals surface area contributed by atoms with Gasteiger partial charge < -0.3 is 9.84 Å². The fraction of sp³-hybridized carbons (Fsp3) is 0.143. The Morgan fingerprint density at radius 2 is 2.04 bits per heavy atom. The number of phenolic OH excluding ortho intramolecular Hbond substituents is 1. The Bertz CT molecular complexity index is 907. The topological polar surface area (TPSA) is 62.1 Å². The van der Waals surface area contributed by atoms with Crippen LogP contribution < -0.4 is 4.74 Å². The fourth-order valence-electron chi connectivity index (χ4n) is 2.54. The quantitative estimate of drug-likeness (QED) is 0.588. The highest BCUT2D eigenvalue weighted by Crippen LogP contribution is 2.35. The van der Waals surface area contributed by atoms with E-state index in [0.717, 1.165) is 11.3 Å². The number of thioether (sulfide) groups is 1. The van der Waals surface area contributed by atoms with Crippen molar-refractivity contribution in [1.29, 1.82) is 0 Å². The molecule has 5 nitrogen and oxygen atoms in total. The molecule has 1 N–H and O–H groups in total. The number of amidine groups is 1. The molecule has 1 saturated heterocycles. The molecular formula is C21H20N2O3S. The van der Waals surface area contributed by atoms with Crippen LogP contribution in [0.15, 0.2) is 71.1 Å². The van der Waals surface area contributed by atoms with Crippen LogP contribution in [0.4, 0.5) is 5.69 Å². The van der Waals surface area contributed by atoms with Crippen molar-refractivity contribution in [2.24, 2.45) is 4.99 Å². The zero-order valence-corrected chi connectivity index (χ0v) is 15.8. The highest BCUT2D eigenvalue weighted by atomic mass is 32.2. The number of hydrogen-bond acceptors (Lipinski definition) is 5. The first kappa shape index (κ1) is 18.8. The van der Waals surface area contributed by atoms with Crippen molar-refractivity contribution in [2.45, 2.75) is 6.92 Å². The van der Waals surface area contributed by atoms with Crippen molar-refractivity contribution in [3.63, 3.8) is 0 Å². The molecule has 6 heteroatoms. The first-order chi connectivity index (χ1) is 13.1. The lowest BCUT2D eigenvalue weighted by Gasteiger charge is -2.12. The van der Waals surface area contributed by atoms with Gasteiger partial charge in [0.2, 0.25) is 0 Å². The van der Waals surface area contributed by atoms with Gasteiger partial charge in [-0.15, -0.1) is 6.58 Å². The van der Waals surface area contributed by atoms with Crippen molar-refractivity contribution >= 4 is 34.6 Å². The lowest BCUT2D eigenvalue weighted by atomic mass is 10.2. The van der Waals surface area contributed by atoms with Crippen LogP contribution in [0.25, 0.3) is 6.08 Å². The zero-order valence-electron chi connectivity index (χ0n) is 15.0. The number of para-hydroxylation sites is 1. The summed E-state index contributed by atoms with van der Waals surface area (Å²) in [5, 5.41) is 10.5. The number of hydrogen-bond donors (Lipinski definition) is 1. The number of benzene rings is 2. The molecule has 1 fully saturated rings. The molecule has 2 aromatic carbocycles. The van der Waals surface area contributed by atoms with Gasteiger partial charge in [-0.05, 0) is 54.6 Å². The van der Waals surface area contributed by atoms with Crippen LogP contribution >= 0.6 is 11.8 Å². The Kier molecular flexibility index (Phi) is 5.98. The molecule has 0 bridgehead atoms. The van der Waals surface area contributed by atoms with Crippen molar-refractivity contribution in [3.8, 4) is 11.5 Å². The van der Waals surface area contributed by atoms with Gasteiger partial charge in [0, 0.05) is 6.54 Å². The molecule has 138 valence electrons. The normalized spacial score (nSPS) is 16.9. The first-order valence-electron chi connectivity index (χ1n) is 8.54. The van der Waals surface area contributed by atoms with E-state index in [4.69, 9.17) is 4.74 Å². The third-order valence-corrected chi connectivity index (χ3v) is 4.77. The Morgan fingerprint density at radius 3 is 2.74 bits per heavy atom. The zero-order chi connectivity index (χ0) is 19.2. The molecule has 1 aliphatic heterocycles. The SMILES string of the molecule is C=CCN1C(=O)/C(=C\c2ccc(O)c(OCC)c2)SC1=Nc1ccccc1. The highest BCUT2D eigenvalue weighted by Gasteiger charge is 2.32. The second kappa shape index (κ2) is 8.60. The highest BCUT2D eigenvalue weighted by molar-refractivity contribution is 8.18. The molecule has 1 amide bonds. The summed E-state index contributed by atoms with van der Waals surface area (Å²) in [5.74, 6) is 0.341. The minimum absolute atomic E-state index is 0.0732. The molecule has 2 aromatic rings. The molecular weight excluding hydrogens is 360 g/mol. The van der Waals surface area contributed by atoms with Crippen molar-refractivity contribution in [2.75, 3.05) is 13.2 Å². The molecule has 0 spiro atoms. The van der Waals surface area contributed by atoms with E-state index in [1.807, 2.05) is 37.3 Å². The summed E-state index contributed by atoms with van der Waals surface area (Å²) in [5.41, 5.74) is 1.55. The lowest BCUT2D eigenvalue weighted by molar-refractivity contribution is -0.121. The molecule has 0 saturated carbocycles. The van der Waals surface area contributed by atoms with E-state index in [0.29, 0.717) is 29.0 Å². The second-order valence-electron chi connectivity index (χ2n) is 5.71. The van der Waals surface area contributed by atoms with Gasteiger partial charge in [-0.25, -0.2) is 4.99 Å². The van der Waals surface area contributed by atoms with E-state index in [9.17, 15) is 9.90 Å². The van der Waals surface area contributed by atoms with Gasteiger partial charge >= 0.3 is 0 Å². The van der Waals surface area contributed by atoms with Gasteiger partial charge in [-0.1, -0.05) is 30.3 Å². The third kappa shape index (κ3) is 4.41. The molecule has 0 aromatic heterocycles. The Morgan fingerprint density at radius 1 is 1.26 bits per heavy atom. The van der Waals surface area contributed by atoms with Crippen LogP contribution in [-0.4, -0.2) is 34.2 Å². The van der Waals surface area contributed by atoms with Crippen molar-refractivity contribution in [3.05, 3.63) is 71.7 Å². The molecule has 0 atom stereocenters. The maximum absolute atomic E-state index is 12.8. The summed E-state index contributed by atoms with van der Waals surface area (Å²) in [4.78, 5) is 19.6. The van der Waals surface area contributed by atoms with Crippen LogP contribution in [0.3, 0.4) is 0 Å². The third-order valence-electron chi connectivity index (χ3n) is 3.76. The minimum Gasteiger partial charge on any atom is -0.504 e. The molecule has 1 heterocycles. The predicted octanol–water partition coefficient (Wildman–Crippen LogP) is 4.58. The number of amides is 1. The first-order valence-corrected chi connectivity index (χ1v) is 9.36. The van der Waals surface area contributed by atoms with Crippen LogP contribution in [0.5, 0.6) is 11.5 Å². The average molecular weight is 380 g/mol. The number of ether oxygens (including phenoxy) is 1. The molecule has 27 heavy (non-hydrogen) atoms. The largest absolute Gasteiger partial charge is 0.504 e. The van der Waals surface area contributed by atoms with E-state index in [-0.39, 0.29) is 11.7 Å². The van der Waals surface area contributed by atoms with Crippen LogP contribution in [0, 0.1) is 0 Å². The fourth-order valence-corrected chi connectivity index (χ4v) is 3.55. The summed E-state index contributed by atoms with van der Waals surface area (Å²) < 4.78 is 5.41. The minimum atomic E-state index is -0.124. The van der Waals surface area contributed by atoms with Gasteiger partial charge in [0.05, 0.1) is 17.2 Å². The van der Waals surface area contributed by atoms with Crippen LogP contribution in [-0.2, 0) is 4.79 Å². The van der Waals surface area contributed by atoms with E-state index < -0.39 is 0 Å². The molecule has 0 aliphatic carbocycles. The summed E-state index contributed by atoms with van der Waals surface area (Å²) in [6.07, 6.45) is 3.45. The van der Waals surface area contributed by atoms with Gasteiger partial charge in [0.15, 0.2) is 16.7 Å². The molecule has 0 unspecified atom stereocenters. The predicted molar refractivity (Wildman–Crippen MR) is 110 cm³/mol. The van der Waals surface area contributed by atoms with Crippen molar-refractivity contribution in [1.82, 2.24) is 4.90 Å². The maximum atomic E-state index is 12.8.